The quantitative estimate of drug-likeness (QED) is 0.645. The summed E-state index contributed by atoms with van der Waals surface area (Å²) in [5.74, 6) is -0.0852. The molecular formula is C19H18ClN3OS. The molecule has 25 heavy (non-hydrogen) atoms. The van der Waals surface area contributed by atoms with Gasteiger partial charge in [0.1, 0.15) is 0 Å². The van der Waals surface area contributed by atoms with Crippen molar-refractivity contribution in [1.29, 1.82) is 0 Å². The Kier molecular flexibility index (Phi) is 5.46. The van der Waals surface area contributed by atoms with E-state index in [9.17, 15) is 4.79 Å². The first-order valence-corrected chi connectivity index (χ1v) is 9.13. The van der Waals surface area contributed by atoms with Gasteiger partial charge < -0.3 is 5.32 Å². The van der Waals surface area contributed by atoms with Crippen molar-refractivity contribution in [3.8, 4) is 5.69 Å². The van der Waals surface area contributed by atoms with Gasteiger partial charge in [-0.05, 0) is 43.7 Å². The van der Waals surface area contributed by atoms with E-state index in [1.165, 1.54) is 11.8 Å². The van der Waals surface area contributed by atoms with Gasteiger partial charge in [0.05, 0.1) is 5.25 Å². The van der Waals surface area contributed by atoms with E-state index >= 15 is 0 Å². The van der Waals surface area contributed by atoms with Gasteiger partial charge in [0.2, 0.25) is 5.91 Å². The fourth-order valence-electron chi connectivity index (χ4n) is 2.34. The van der Waals surface area contributed by atoms with E-state index in [0.717, 1.165) is 22.1 Å². The summed E-state index contributed by atoms with van der Waals surface area (Å²) in [6.45, 7) is 3.80. The van der Waals surface area contributed by atoms with E-state index in [1.54, 1.807) is 18.3 Å². The number of benzene rings is 2. The monoisotopic (exact) mass is 371 g/mol. The Bertz CT molecular complexity index is 879. The fraction of sp³-hybridized carbons (Fsp3) is 0.158. The van der Waals surface area contributed by atoms with Crippen LogP contribution in [-0.2, 0) is 4.79 Å². The zero-order valence-corrected chi connectivity index (χ0v) is 15.5. The Balaban J connectivity index is 1.73. The van der Waals surface area contributed by atoms with Crippen molar-refractivity contribution in [2.24, 2.45) is 0 Å². The number of nitrogens with zero attached hydrogens (tertiary/aromatic N) is 2. The molecule has 3 rings (SSSR count). The molecule has 0 fully saturated rings. The van der Waals surface area contributed by atoms with Crippen LogP contribution in [0.3, 0.4) is 0 Å². The third-order valence-electron chi connectivity index (χ3n) is 3.75. The highest BCUT2D eigenvalue weighted by Crippen LogP contribution is 2.26. The molecule has 0 aliphatic heterocycles. The zero-order chi connectivity index (χ0) is 17.8. The molecule has 0 saturated heterocycles. The van der Waals surface area contributed by atoms with E-state index in [4.69, 9.17) is 11.6 Å². The minimum Gasteiger partial charge on any atom is -0.325 e. The number of thioether (sulfide) groups is 1. The summed E-state index contributed by atoms with van der Waals surface area (Å²) in [6, 6.07) is 15.4. The summed E-state index contributed by atoms with van der Waals surface area (Å²) >= 11 is 7.43. The number of carbonyl (C=O) groups is 1. The Morgan fingerprint density at radius 3 is 2.76 bits per heavy atom. The first kappa shape index (κ1) is 17.6. The van der Waals surface area contributed by atoms with Gasteiger partial charge in [0.25, 0.3) is 0 Å². The van der Waals surface area contributed by atoms with E-state index in [0.29, 0.717) is 5.02 Å². The smallest absolute Gasteiger partial charge is 0.237 e. The summed E-state index contributed by atoms with van der Waals surface area (Å²) in [5.41, 5.74) is 2.72. The van der Waals surface area contributed by atoms with Crippen LogP contribution in [0.4, 0.5) is 5.69 Å². The summed E-state index contributed by atoms with van der Waals surface area (Å²) in [6.07, 6.45) is 3.63. The number of amides is 1. The number of hydrogen-bond acceptors (Lipinski definition) is 3. The van der Waals surface area contributed by atoms with Crippen LogP contribution in [-0.4, -0.2) is 20.7 Å². The van der Waals surface area contributed by atoms with Gasteiger partial charge in [0.15, 0.2) is 5.16 Å². The van der Waals surface area contributed by atoms with Crippen LogP contribution in [0.5, 0.6) is 0 Å². The first-order valence-electron chi connectivity index (χ1n) is 7.87. The molecular weight excluding hydrogens is 354 g/mol. The van der Waals surface area contributed by atoms with Crippen molar-refractivity contribution in [1.82, 2.24) is 9.55 Å². The molecule has 1 heterocycles. The van der Waals surface area contributed by atoms with Crippen molar-refractivity contribution in [2.45, 2.75) is 24.3 Å². The molecule has 2 aromatic carbocycles. The highest BCUT2D eigenvalue weighted by molar-refractivity contribution is 8.00. The number of nitrogens with one attached hydrogen (secondary N) is 1. The minimum absolute atomic E-state index is 0.0852. The van der Waals surface area contributed by atoms with Gasteiger partial charge >= 0.3 is 0 Å². The molecule has 1 N–H and O–H groups in total. The Hall–Kier alpha value is -2.24. The zero-order valence-electron chi connectivity index (χ0n) is 13.9. The highest BCUT2D eigenvalue weighted by Gasteiger charge is 2.18. The Labute approximate surface area is 156 Å². The van der Waals surface area contributed by atoms with Gasteiger partial charge in [-0.15, -0.1) is 0 Å². The maximum absolute atomic E-state index is 12.5. The summed E-state index contributed by atoms with van der Waals surface area (Å²) in [4.78, 5) is 16.9. The number of halogens is 1. The van der Waals surface area contributed by atoms with Crippen LogP contribution in [0.1, 0.15) is 12.5 Å². The molecule has 0 aliphatic carbocycles. The van der Waals surface area contributed by atoms with Gasteiger partial charge in [-0.2, -0.15) is 0 Å². The lowest BCUT2D eigenvalue weighted by Gasteiger charge is -2.14. The van der Waals surface area contributed by atoms with Crippen molar-refractivity contribution >= 4 is 35.0 Å². The Morgan fingerprint density at radius 1 is 1.24 bits per heavy atom. The number of imidazole rings is 1. The number of aryl methyl sites for hydroxylation is 1. The lowest BCUT2D eigenvalue weighted by Crippen LogP contribution is -2.23. The molecule has 1 aromatic heterocycles. The van der Waals surface area contributed by atoms with Crippen LogP contribution < -0.4 is 5.32 Å². The van der Waals surface area contributed by atoms with E-state index in [2.05, 4.69) is 10.3 Å². The molecule has 1 atom stereocenters. The first-order chi connectivity index (χ1) is 12.0. The number of aromatic nitrogens is 2. The molecule has 3 aromatic rings. The molecule has 0 unspecified atom stereocenters. The molecule has 6 heteroatoms. The standard InChI is InChI=1S/C19H18ClN3OS/c1-13-8-9-15(20)12-17(13)22-18(24)14(2)25-19-21-10-11-23(19)16-6-4-3-5-7-16/h3-12,14H,1-2H3,(H,22,24)/t14-/m0/s1. The highest BCUT2D eigenvalue weighted by atomic mass is 35.5. The molecule has 0 aliphatic rings. The Morgan fingerprint density at radius 2 is 2.00 bits per heavy atom. The molecule has 0 bridgehead atoms. The van der Waals surface area contributed by atoms with E-state index < -0.39 is 0 Å². The van der Waals surface area contributed by atoms with Crippen molar-refractivity contribution in [3.63, 3.8) is 0 Å². The normalized spacial score (nSPS) is 12.0. The number of anilines is 1. The third-order valence-corrected chi connectivity index (χ3v) is 5.07. The molecule has 1 amide bonds. The lowest BCUT2D eigenvalue weighted by molar-refractivity contribution is -0.115. The van der Waals surface area contributed by atoms with Gasteiger partial charge in [0, 0.05) is 28.8 Å². The van der Waals surface area contributed by atoms with Gasteiger partial charge in [-0.25, -0.2) is 4.98 Å². The fourth-order valence-corrected chi connectivity index (χ4v) is 3.39. The molecule has 4 nitrogen and oxygen atoms in total. The van der Waals surface area contributed by atoms with Crippen LogP contribution >= 0.6 is 23.4 Å². The summed E-state index contributed by atoms with van der Waals surface area (Å²) in [7, 11) is 0. The SMILES string of the molecule is Cc1ccc(Cl)cc1NC(=O)[C@H](C)Sc1nccn1-c1ccccc1. The topological polar surface area (TPSA) is 46.9 Å². The molecule has 0 radical (unpaired) electrons. The largest absolute Gasteiger partial charge is 0.325 e. The summed E-state index contributed by atoms with van der Waals surface area (Å²) < 4.78 is 1.97. The minimum atomic E-state index is -0.303. The number of rotatable bonds is 5. The van der Waals surface area contributed by atoms with Crippen LogP contribution in [0.25, 0.3) is 5.69 Å². The molecule has 128 valence electrons. The molecule has 0 saturated carbocycles. The average molecular weight is 372 g/mol. The number of hydrogen-bond donors (Lipinski definition) is 1. The van der Waals surface area contributed by atoms with Crippen LogP contribution in [0.2, 0.25) is 5.02 Å². The maximum atomic E-state index is 12.5. The third kappa shape index (κ3) is 4.24. The van der Waals surface area contributed by atoms with Crippen molar-refractivity contribution < 1.29 is 4.79 Å². The number of para-hydroxylation sites is 1. The predicted octanol–water partition coefficient (Wildman–Crippen LogP) is 4.95. The number of carbonyl (C=O) groups excluding carboxylic acids is 1. The van der Waals surface area contributed by atoms with Gasteiger partial charge in [-0.1, -0.05) is 47.6 Å². The van der Waals surface area contributed by atoms with Crippen LogP contribution in [0.15, 0.2) is 66.1 Å². The van der Waals surface area contributed by atoms with Crippen molar-refractivity contribution in [2.75, 3.05) is 5.32 Å². The summed E-state index contributed by atoms with van der Waals surface area (Å²) in [5, 5.41) is 4.01. The second-order valence-electron chi connectivity index (χ2n) is 5.62. The van der Waals surface area contributed by atoms with E-state index in [-0.39, 0.29) is 11.2 Å². The van der Waals surface area contributed by atoms with Gasteiger partial charge in [-0.3, -0.25) is 9.36 Å². The van der Waals surface area contributed by atoms with Crippen molar-refractivity contribution in [3.05, 3.63) is 71.5 Å². The molecule has 0 spiro atoms. The predicted molar refractivity (Wildman–Crippen MR) is 104 cm³/mol. The van der Waals surface area contributed by atoms with Crippen LogP contribution in [0, 0.1) is 6.92 Å². The second kappa shape index (κ2) is 7.76. The second-order valence-corrected chi connectivity index (χ2v) is 7.37. The lowest BCUT2D eigenvalue weighted by atomic mass is 10.2. The average Bonchev–Trinajstić information content (AvgIpc) is 3.07. The maximum Gasteiger partial charge on any atom is 0.237 e. The van der Waals surface area contributed by atoms with E-state index in [1.807, 2.05) is 61.0 Å².